The lowest BCUT2D eigenvalue weighted by Gasteiger charge is -2.11. The highest BCUT2D eigenvalue weighted by Gasteiger charge is 2.07. The molecule has 0 fully saturated rings. The highest BCUT2D eigenvalue weighted by Crippen LogP contribution is 2.33. The molecule has 0 aliphatic rings. The van der Waals surface area contributed by atoms with Gasteiger partial charge >= 0.3 is 0 Å². The van der Waals surface area contributed by atoms with Crippen LogP contribution in [0.3, 0.4) is 0 Å². The smallest absolute Gasteiger partial charge is 0.156 e. The topological polar surface area (TPSA) is 30.5 Å². The monoisotopic (exact) mass is 319 g/mol. The minimum atomic E-state index is 0.442. The Labute approximate surface area is 131 Å². The quantitative estimate of drug-likeness (QED) is 0.659. The Morgan fingerprint density at radius 3 is 2.40 bits per heavy atom. The van der Waals surface area contributed by atoms with Crippen LogP contribution in [-0.4, -0.2) is 32.9 Å². The number of rotatable bonds is 10. The molecule has 0 atom stereocenters. The van der Waals surface area contributed by atoms with E-state index in [-0.39, 0.29) is 0 Å². The Morgan fingerprint density at radius 1 is 1.05 bits per heavy atom. The fourth-order valence-electron chi connectivity index (χ4n) is 1.70. The van der Waals surface area contributed by atoms with Crippen molar-refractivity contribution in [1.82, 2.24) is 5.32 Å². The molecule has 1 N–H and O–H groups in total. The van der Waals surface area contributed by atoms with E-state index in [9.17, 15) is 0 Å². The fraction of sp³-hybridized carbons (Fsp3) is 0.600. The second-order valence-corrected chi connectivity index (χ2v) is 5.44. The van der Waals surface area contributed by atoms with Gasteiger partial charge in [0.2, 0.25) is 0 Å². The summed E-state index contributed by atoms with van der Waals surface area (Å²) in [5.74, 6) is 0.531. The molecule has 0 heterocycles. The third-order valence-electron chi connectivity index (χ3n) is 2.75. The Kier molecular flexibility index (Phi) is 9.03. The maximum atomic E-state index is 6.09. The van der Waals surface area contributed by atoms with Crippen LogP contribution in [-0.2, 0) is 4.74 Å². The van der Waals surface area contributed by atoms with E-state index in [1.165, 1.54) is 12.8 Å². The molecule has 1 aromatic carbocycles. The summed E-state index contributed by atoms with van der Waals surface area (Å²) >= 11 is 12.2. The van der Waals surface area contributed by atoms with Crippen molar-refractivity contribution < 1.29 is 9.47 Å². The lowest BCUT2D eigenvalue weighted by molar-refractivity contribution is 0.102. The first-order chi connectivity index (χ1) is 9.65. The van der Waals surface area contributed by atoms with Crippen LogP contribution in [0.1, 0.15) is 25.3 Å². The van der Waals surface area contributed by atoms with Crippen LogP contribution in [0.25, 0.3) is 0 Å². The highest BCUT2D eigenvalue weighted by molar-refractivity contribution is 6.37. The number of unbranched alkanes of at least 4 members (excludes halogenated alkanes) is 1. The minimum Gasteiger partial charge on any atom is -0.488 e. The molecule has 0 saturated heterocycles. The molecule has 0 aromatic heterocycles. The first kappa shape index (κ1) is 17.6. The van der Waals surface area contributed by atoms with Gasteiger partial charge < -0.3 is 14.8 Å². The van der Waals surface area contributed by atoms with Gasteiger partial charge in [-0.25, -0.2) is 0 Å². The molecule has 0 spiro atoms. The molecule has 0 aliphatic heterocycles. The zero-order valence-corrected chi connectivity index (χ0v) is 13.7. The maximum Gasteiger partial charge on any atom is 0.156 e. The largest absolute Gasteiger partial charge is 0.488 e. The Balaban J connectivity index is 2.13. The molecule has 1 aromatic rings. The summed E-state index contributed by atoms with van der Waals surface area (Å²) in [4.78, 5) is 0. The van der Waals surface area contributed by atoms with Crippen molar-refractivity contribution in [2.45, 2.75) is 26.7 Å². The Morgan fingerprint density at radius 2 is 1.75 bits per heavy atom. The van der Waals surface area contributed by atoms with Gasteiger partial charge in [-0.15, -0.1) is 0 Å². The molecule has 1 rings (SSSR count). The number of nitrogens with one attached hydrogen (secondary N) is 1. The second-order valence-electron chi connectivity index (χ2n) is 4.62. The Bertz CT molecular complexity index is 376. The summed E-state index contributed by atoms with van der Waals surface area (Å²) in [6, 6.07) is 3.67. The van der Waals surface area contributed by atoms with Crippen LogP contribution in [0.4, 0.5) is 0 Å². The normalized spacial score (nSPS) is 10.8. The van der Waals surface area contributed by atoms with Crippen LogP contribution in [0, 0.1) is 6.92 Å². The predicted octanol–water partition coefficient (Wildman–Crippen LogP) is 4.09. The standard InChI is InChI=1S/C15H23Cl2NO2/c1-3-4-5-18-6-7-19-8-9-20-15-13(16)10-12(2)11-14(15)17/h10-11,18H,3-9H2,1-2H3. The average Bonchev–Trinajstić information content (AvgIpc) is 2.39. The van der Waals surface area contributed by atoms with Crippen molar-refractivity contribution in [3.05, 3.63) is 27.7 Å². The van der Waals surface area contributed by atoms with E-state index in [0.717, 1.165) is 18.7 Å². The highest BCUT2D eigenvalue weighted by atomic mass is 35.5. The molecule has 0 aliphatic carbocycles. The first-order valence-electron chi connectivity index (χ1n) is 7.02. The first-order valence-corrected chi connectivity index (χ1v) is 7.77. The third-order valence-corrected chi connectivity index (χ3v) is 3.31. The average molecular weight is 320 g/mol. The van der Waals surface area contributed by atoms with Gasteiger partial charge in [-0.1, -0.05) is 36.5 Å². The van der Waals surface area contributed by atoms with Crippen LogP contribution >= 0.6 is 23.2 Å². The van der Waals surface area contributed by atoms with E-state index in [1.807, 2.05) is 19.1 Å². The molecule has 20 heavy (non-hydrogen) atoms. The molecule has 0 unspecified atom stereocenters. The maximum absolute atomic E-state index is 6.09. The van der Waals surface area contributed by atoms with Gasteiger partial charge in [0.1, 0.15) is 6.61 Å². The molecule has 0 amide bonds. The molecule has 5 heteroatoms. The number of hydrogen-bond acceptors (Lipinski definition) is 3. The van der Waals surface area contributed by atoms with E-state index < -0.39 is 0 Å². The van der Waals surface area contributed by atoms with Gasteiger partial charge in [-0.05, 0) is 37.6 Å². The predicted molar refractivity (Wildman–Crippen MR) is 85.3 cm³/mol. The molecular weight excluding hydrogens is 297 g/mol. The van der Waals surface area contributed by atoms with Gasteiger partial charge in [0.25, 0.3) is 0 Å². The van der Waals surface area contributed by atoms with Gasteiger partial charge in [-0.3, -0.25) is 0 Å². The van der Waals surface area contributed by atoms with Crippen molar-refractivity contribution in [2.75, 3.05) is 32.9 Å². The lowest BCUT2D eigenvalue weighted by atomic mass is 10.2. The molecular formula is C15H23Cl2NO2. The zero-order chi connectivity index (χ0) is 14.8. The van der Waals surface area contributed by atoms with Gasteiger partial charge in [0, 0.05) is 6.54 Å². The summed E-state index contributed by atoms with van der Waals surface area (Å²) in [5, 5.41) is 4.39. The molecule has 0 radical (unpaired) electrons. The molecule has 0 bridgehead atoms. The molecule has 0 saturated carbocycles. The van der Waals surface area contributed by atoms with E-state index in [0.29, 0.717) is 35.6 Å². The number of ether oxygens (including phenoxy) is 2. The van der Waals surface area contributed by atoms with Crippen LogP contribution in [0.5, 0.6) is 5.75 Å². The molecule has 114 valence electrons. The van der Waals surface area contributed by atoms with E-state index in [2.05, 4.69) is 12.2 Å². The zero-order valence-electron chi connectivity index (χ0n) is 12.2. The van der Waals surface area contributed by atoms with Crippen LogP contribution in [0.2, 0.25) is 10.0 Å². The Hall–Kier alpha value is -0.480. The second kappa shape index (κ2) is 10.3. The summed E-state index contributed by atoms with van der Waals surface area (Å²) in [7, 11) is 0. The lowest BCUT2D eigenvalue weighted by Crippen LogP contribution is -2.21. The molecule has 3 nitrogen and oxygen atoms in total. The number of aryl methyl sites for hydroxylation is 1. The van der Waals surface area contributed by atoms with Crippen LogP contribution < -0.4 is 10.1 Å². The number of halogens is 2. The van der Waals surface area contributed by atoms with E-state index in [4.69, 9.17) is 32.7 Å². The van der Waals surface area contributed by atoms with Crippen molar-refractivity contribution in [1.29, 1.82) is 0 Å². The van der Waals surface area contributed by atoms with Gasteiger partial charge in [0.05, 0.1) is 23.3 Å². The summed E-state index contributed by atoms with van der Waals surface area (Å²) in [5.41, 5.74) is 1.02. The fourth-order valence-corrected chi connectivity index (χ4v) is 2.41. The van der Waals surface area contributed by atoms with Crippen molar-refractivity contribution >= 4 is 23.2 Å². The van der Waals surface area contributed by atoms with Crippen LogP contribution in [0.15, 0.2) is 12.1 Å². The van der Waals surface area contributed by atoms with Crippen molar-refractivity contribution in [2.24, 2.45) is 0 Å². The van der Waals surface area contributed by atoms with Crippen molar-refractivity contribution in [3.8, 4) is 5.75 Å². The van der Waals surface area contributed by atoms with Gasteiger partial charge in [-0.2, -0.15) is 0 Å². The SMILES string of the molecule is CCCCNCCOCCOc1c(Cl)cc(C)cc1Cl. The summed E-state index contributed by atoms with van der Waals surface area (Å²) in [6.07, 6.45) is 2.41. The van der Waals surface area contributed by atoms with Gasteiger partial charge in [0.15, 0.2) is 5.75 Å². The van der Waals surface area contributed by atoms with E-state index in [1.54, 1.807) is 0 Å². The van der Waals surface area contributed by atoms with E-state index >= 15 is 0 Å². The minimum absolute atomic E-state index is 0.442. The summed E-state index contributed by atoms with van der Waals surface area (Å²) in [6.45, 7) is 7.68. The summed E-state index contributed by atoms with van der Waals surface area (Å²) < 4.78 is 11.0. The number of benzene rings is 1. The van der Waals surface area contributed by atoms with Crippen molar-refractivity contribution in [3.63, 3.8) is 0 Å². The third kappa shape index (κ3) is 6.80. The number of hydrogen-bond donors (Lipinski definition) is 1.